The van der Waals surface area contributed by atoms with E-state index in [1.807, 2.05) is 13.0 Å². The molecule has 1 saturated heterocycles. The maximum absolute atomic E-state index is 12.9. The van der Waals surface area contributed by atoms with Gasteiger partial charge in [0, 0.05) is 20.2 Å². The lowest BCUT2D eigenvalue weighted by Gasteiger charge is -2.43. The van der Waals surface area contributed by atoms with Crippen LogP contribution in [0, 0.1) is 5.41 Å². The molecule has 2 heterocycles. The molecule has 2 fully saturated rings. The zero-order chi connectivity index (χ0) is 21.3. The molecule has 156 valence electrons. The number of allylic oxidation sites excluding steroid dienone is 1. The Kier molecular flexibility index (Phi) is 4.22. The molecule has 4 nitrogen and oxygen atoms in total. The molecule has 1 atom stereocenters. The lowest BCUT2D eigenvalue weighted by molar-refractivity contribution is 0.443. The van der Waals surface area contributed by atoms with E-state index in [9.17, 15) is 8.42 Å². The SMILES string of the molecule is CC1(C)C(=N)N[C@](C)(c2ccc3sc4ccc(C=C5CCC5)cc4c3c2)CS1(=O)=O. The zero-order valence-corrected chi connectivity index (χ0v) is 19.1. The predicted octanol–water partition coefficient (Wildman–Crippen LogP) is 5.61. The third-order valence-corrected chi connectivity index (χ3v) is 10.6. The summed E-state index contributed by atoms with van der Waals surface area (Å²) in [6.45, 7) is 5.09. The van der Waals surface area contributed by atoms with Crippen molar-refractivity contribution in [1.82, 2.24) is 5.32 Å². The Labute approximate surface area is 181 Å². The van der Waals surface area contributed by atoms with Crippen molar-refractivity contribution in [2.75, 3.05) is 5.75 Å². The minimum atomic E-state index is -3.46. The van der Waals surface area contributed by atoms with E-state index in [2.05, 4.69) is 41.7 Å². The van der Waals surface area contributed by atoms with Crippen molar-refractivity contribution in [2.45, 2.75) is 50.3 Å². The van der Waals surface area contributed by atoms with E-state index < -0.39 is 20.1 Å². The van der Waals surface area contributed by atoms with Gasteiger partial charge in [0.05, 0.1) is 11.3 Å². The van der Waals surface area contributed by atoms with Gasteiger partial charge in [-0.25, -0.2) is 8.42 Å². The molecule has 0 unspecified atom stereocenters. The molecule has 5 rings (SSSR count). The van der Waals surface area contributed by atoms with Gasteiger partial charge in [0.25, 0.3) is 0 Å². The Morgan fingerprint density at radius 1 is 1.03 bits per heavy atom. The molecule has 2 N–H and O–H groups in total. The van der Waals surface area contributed by atoms with Gasteiger partial charge in [0.15, 0.2) is 9.84 Å². The summed E-state index contributed by atoms with van der Waals surface area (Å²) in [6.07, 6.45) is 6.00. The Balaban J connectivity index is 1.62. The number of benzene rings is 2. The fraction of sp³-hybridized carbons (Fsp3) is 0.375. The highest BCUT2D eigenvalue weighted by atomic mass is 32.2. The number of sulfone groups is 1. The van der Waals surface area contributed by atoms with Crippen LogP contribution in [-0.2, 0) is 15.4 Å². The highest BCUT2D eigenvalue weighted by Gasteiger charge is 2.50. The Hall–Kier alpha value is -2.18. The summed E-state index contributed by atoms with van der Waals surface area (Å²) < 4.78 is 27.1. The molecule has 0 amide bonds. The first-order valence-electron chi connectivity index (χ1n) is 10.3. The average Bonchev–Trinajstić information content (AvgIpc) is 3.00. The molecule has 0 bridgehead atoms. The van der Waals surface area contributed by atoms with E-state index >= 15 is 0 Å². The number of rotatable bonds is 2. The third kappa shape index (κ3) is 2.92. The minimum Gasteiger partial charge on any atom is -0.362 e. The molecule has 0 radical (unpaired) electrons. The van der Waals surface area contributed by atoms with Crippen LogP contribution in [0.15, 0.2) is 42.0 Å². The Bertz CT molecular complexity index is 1340. The topological polar surface area (TPSA) is 70.0 Å². The van der Waals surface area contributed by atoms with E-state index in [1.165, 1.54) is 45.2 Å². The summed E-state index contributed by atoms with van der Waals surface area (Å²) in [6, 6.07) is 12.8. The molecule has 3 aromatic rings. The quantitative estimate of drug-likeness (QED) is 0.546. The predicted molar refractivity (Wildman–Crippen MR) is 127 cm³/mol. The second-order valence-electron chi connectivity index (χ2n) is 9.33. The molecular formula is C24H26N2O2S2. The first-order valence-corrected chi connectivity index (χ1v) is 12.8. The van der Waals surface area contributed by atoms with Crippen LogP contribution in [0.1, 0.15) is 51.2 Å². The highest BCUT2D eigenvalue weighted by Crippen LogP contribution is 2.40. The normalized spacial score (nSPS) is 25.2. The number of thiophene rings is 1. The largest absolute Gasteiger partial charge is 0.362 e. The molecular weight excluding hydrogens is 412 g/mol. The average molecular weight is 439 g/mol. The van der Waals surface area contributed by atoms with Crippen molar-refractivity contribution in [1.29, 1.82) is 5.41 Å². The summed E-state index contributed by atoms with van der Waals surface area (Å²) in [5.74, 6) is 0.0289. The van der Waals surface area contributed by atoms with Crippen LogP contribution >= 0.6 is 11.3 Å². The summed E-state index contributed by atoms with van der Waals surface area (Å²) in [5, 5.41) is 13.9. The van der Waals surface area contributed by atoms with Gasteiger partial charge in [0.2, 0.25) is 0 Å². The number of amidine groups is 1. The van der Waals surface area contributed by atoms with Crippen LogP contribution in [0.4, 0.5) is 0 Å². The van der Waals surface area contributed by atoms with E-state index in [0.29, 0.717) is 0 Å². The van der Waals surface area contributed by atoms with E-state index in [0.717, 1.165) is 10.9 Å². The van der Waals surface area contributed by atoms with Crippen molar-refractivity contribution in [2.24, 2.45) is 0 Å². The molecule has 2 aliphatic rings. The van der Waals surface area contributed by atoms with Crippen LogP contribution in [0.25, 0.3) is 26.2 Å². The van der Waals surface area contributed by atoms with E-state index in [1.54, 1.807) is 25.2 Å². The van der Waals surface area contributed by atoms with Gasteiger partial charge < -0.3 is 5.32 Å². The van der Waals surface area contributed by atoms with Gasteiger partial charge in [-0.05, 0) is 75.4 Å². The van der Waals surface area contributed by atoms with Crippen molar-refractivity contribution < 1.29 is 8.42 Å². The van der Waals surface area contributed by atoms with E-state index in [-0.39, 0.29) is 11.6 Å². The standard InChI is InChI=1S/C24H26N2O2S2/c1-23(2)22(25)26-24(3,14-30(23,27)28)17-8-10-21-19(13-17)18-12-16(7-9-20(18)29-21)11-15-5-4-6-15/h7-13H,4-6,14H2,1-3H3,(H2,25,26)/t24-/m0/s1. The maximum Gasteiger partial charge on any atom is 0.165 e. The molecule has 0 spiro atoms. The van der Waals surface area contributed by atoms with Gasteiger partial charge >= 0.3 is 0 Å². The minimum absolute atomic E-state index is 0.0275. The second-order valence-corrected chi connectivity index (χ2v) is 12.9. The van der Waals surface area contributed by atoms with Gasteiger partial charge in [0.1, 0.15) is 10.6 Å². The van der Waals surface area contributed by atoms with Gasteiger partial charge in [-0.1, -0.05) is 23.8 Å². The number of fused-ring (bicyclic) bond motifs is 3. The highest BCUT2D eigenvalue weighted by molar-refractivity contribution is 7.93. The number of nitrogens with one attached hydrogen (secondary N) is 2. The van der Waals surface area contributed by atoms with Gasteiger partial charge in [-0.3, -0.25) is 5.41 Å². The summed E-state index contributed by atoms with van der Waals surface area (Å²) in [5.41, 5.74) is 2.83. The fourth-order valence-electron chi connectivity index (χ4n) is 4.32. The van der Waals surface area contributed by atoms with Crippen molar-refractivity contribution in [3.05, 3.63) is 53.1 Å². The molecule has 1 aliphatic carbocycles. The lowest BCUT2D eigenvalue weighted by Crippen LogP contribution is -2.63. The van der Waals surface area contributed by atoms with Crippen molar-refractivity contribution in [3.63, 3.8) is 0 Å². The Morgan fingerprint density at radius 3 is 2.33 bits per heavy atom. The van der Waals surface area contributed by atoms with Crippen molar-refractivity contribution in [3.8, 4) is 0 Å². The number of hydrogen-bond acceptors (Lipinski definition) is 4. The first-order chi connectivity index (χ1) is 14.1. The second kappa shape index (κ2) is 6.41. The van der Waals surface area contributed by atoms with Crippen LogP contribution in [0.2, 0.25) is 0 Å². The van der Waals surface area contributed by atoms with E-state index in [4.69, 9.17) is 5.41 Å². The maximum atomic E-state index is 12.9. The Morgan fingerprint density at radius 2 is 1.70 bits per heavy atom. The molecule has 30 heavy (non-hydrogen) atoms. The van der Waals surface area contributed by atoms with Crippen molar-refractivity contribution >= 4 is 53.3 Å². The zero-order valence-electron chi connectivity index (χ0n) is 17.5. The molecule has 1 aromatic heterocycles. The van der Waals surface area contributed by atoms with Crippen LogP contribution < -0.4 is 5.32 Å². The number of hydrogen-bond donors (Lipinski definition) is 2. The van der Waals surface area contributed by atoms with Crippen LogP contribution in [-0.4, -0.2) is 24.8 Å². The van der Waals surface area contributed by atoms with Crippen LogP contribution in [0.5, 0.6) is 0 Å². The molecule has 1 saturated carbocycles. The summed E-state index contributed by atoms with van der Waals surface area (Å²) in [4.78, 5) is 0. The van der Waals surface area contributed by atoms with Crippen LogP contribution in [0.3, 0.4) is 0 Å². The van der Waals surface area contributed by atoms with Gasteiger partial charge in [-0.15, -0.1) is 11.3 Å². The molecule has 1 aliphatic heterocycles. The fourth-order valence-corrected chi connectivity index (χ4v) is 7.11. The summed E-state index contributed by atoms with van der Waals surface area (Å²) >= 11 is 1.76. The monoisotopic (exact) mass is 438 g/mol. The first kappa shape index (κ1) is 19.8. The molecule has 2 aromatic carbocycles. The smallest absolute Gasteiger partial charge is 0.165 e. The summed E-state index contributed by atoms with van der Waals surface area (Å²) in [7, 11) is -3.46. The third-order valence-electron chi connectivity index (χ3n) is 6.76. The lowest BCUT2D eigenvalue weighted by atomic mass is 9.90. The van der Waals surface area contributed by atoms with Gasteiger partial charge in [-0.2, -0.15) is 0 Å². The molecule has 6 heteroatoms.